The molecule has 1 aromatic rings. The molecule has 0 amide bonds. The highest BCUT2D eigenvalue weighted by atomic mass is 19.4. The lowest BCUT2D eigenvalue weighted by Crippen LogP contribution is -2.07. The number of benzene rings is 1. The summed E-state index contributed by atoms with van der Waals surface area (Å²) in [6, 6.07) is 2.31. The molecule has 0 aromatic heterocycles. The number of hydrogen-bond acceptors (Lipinski definition) is 2. The van der Waals surface area contributed by atoms with Crippen molar-refractivity contribution in [3.8, 4) is 0 Å². The van der Waals surface area contributed by atoms with Gasteiger partial charge in [0.25, 0.3) is 0 Å². The van der Waals surface area contributed by atoms with E-state index in [0.29, 0.717) is 6.07 Å². The molecule has 0 spiro atoms. The van der Waals surface area contributed by atoms with Crippen molar-refractivity contribution in [1.82, 2.24) is 0 Å². The lowest BCUT2D eigenvalue weighted by Gasteiger charge is -2.08. The normalized spacial score (nSPS) is 11.1. The molecule has 0 heterocycles. The van der Waals surface area contributed by atoms with Gasteiger partial charge >= 0.3 is 12.1 Å². The summed E-state index contributed by atoms with van der Waals surface area (Å²) in [6.45, 7) is 3.04. The largest absolute Gasteiger partial charge is 0.478 e. The number of alkyl halides is 3. The Morgan fingerprint density at radius 2 is 1.93 bits per heavy atom. The van der Waals surface area contributed by atoms with Crippen LogP contribution in [0.3, 0.4) is 0 Å². The van der Waals surface area contributed by atoms with Crippen LogP contribution < -0.4 is 0 Å². The van der Waals surface area contributed by atoms with Gasteiger partial charge in [0.2, 0.25) is 0 Å². The summed E-state index contributed by atoms with van der Waals surface area (Å²) in [7, 11) is 0. The van der Waals surface area contributed by atoms with Crippen molar-refractivity contribution in [3.05, 3.63) is 29.3 Å². The van der Waals surface area contributed by atoms with Crippen LogP contribution in [0.2, 0.25) is 0 Å². The van der Waals surface area contributed by atoms with Crippen LogP contribution >= 0.6 is 0 Å². The number of carbonyl (C=O) groups is 1. The van der Waals surface area contributed by atoms with Gasteiger partial charge in [0.15, 0.2) is 0 Å². The molecule has 0 saturated heterocycles. The van der Waals surface area contributed by atoms with Gasteiger partial charge in [-0.05, 0) is 24.9 Å². The molecule has 0 aliphatic heterocycles. The van der Waals surface area contributed by atoms with Gasteiger partial charge in [-0.2, -0.15) is 13.2 Å². The maximum Gasteiger partial charge on any atom is 0.416 e. The average molecular weight is 217 g/mol. The Morgan fingerprint density at radius 1 is 1.33 bits per heavy atom. The summed E-state index contributed by atoms with van der Waals surface area (Å²) in [5.74, 6) is -1.44. The Labute approximate surface area is 82.9 Å². The number of rotatable bonds is 2. The molecule has 6 heteroatoms. The zero-order chi connectivity index (χ0) is 11.6. The Morgan fingerprint density at radius 3 is 2.33 bits per heavy atom. The highest BCUT2D eigenvalue weighted by Gasteiger charge is 2.31. The van der Waals surface area contributed by atoms with Crippen molar-refractivity contribution < 1.29 is 23.1 Å². The van der Waals surface area contributed by atoms with Crippen molar-refractivity contribution in [2.45, 2.75) is 6.18 Å². The molecule has 0 bridgehead atoms. The second-order valence-corrected chi connectivity index (χ2v) is 2.73. The van der Waals surface area contributed by atoms with Gasteiger partial charge in [-0.15, -0.1) is 0 Å². The first kappa shape index (κ1) is 11.2. The van der Waals surface area contributed by atoms with Crippen LogP contribution in [-0.4, -0.2) is 17.8 Å². The van der Waals surface area contributed by atoms with E-state index in [1.54, 1.807) is 0 Å². The SMILES string of the molecule is C=Nc1cc(C(=O)O)cc(C(F)(F)F)c1. The van der Waals surface area contributed by atoms with E-state index in [1.165, 1.54) is 0 Å². The summed E-state index contributed by atoms with van der Waals surface area (Å²) < 4.78 is 36.9. The Bertz CT molecular complexity index is 412. The molecule has 15 heavy (non-hydrogen) atoms. The number of carboxylic acids is 1. The van der Waals surface area contributed by atoms with Crippen molar-refractivity contribution in [2.24, 2.45) is 4.99 Å². The first-order valence-corrected chi connectivity index (χ1v) is 3.77. The number of aromatic carboxylic acids is 1. The first-order chi connectivity index (χ1) is 6.84. The van der Waals surface area contributed by atoms with Crippen LogP contribution in [0, 0.1) is 0 Å². The molecule has 0 unspecified atom stereocenters. The predicted octanol–water partition coefficient (Wildman–Crippen LogP) is 2.74. The van der Waals surface area contributed by atoms with E-state index in [0.717, 1.165) is 12.1 Å². The summed E-state index contributed by atoms with van der Waals surface area (Å²) in [5.41, 5.74) is -1.64. The van der Waals surface area contributed by atoms with Crippen LogP contribution in [0.5, 0.6) is 0 Å². The predicted molar refractivity (Wildman–Crippen MR) is 47.6 cm³/mol. The molecule has 0 aliphatic carbocycles. The second-order valence-electron chi connectivity index (χ2n) is 2.73. The average Bonchev–Trinajstić information content (AvgIpc) is 2.15. The summed E-state index contributed by atoms with van der Waals surface area (Å²) in [4.78, 5) is 13.8. The molecule has 1 aromatic carbocycles. The third-order valence-corrected chi connectivity index (χ3v) is 1.67. The first-order valence-electron chi connectivity index (χ1n) is 3.77. The van der Waals surface area contributed by atoms with Crippen molar-refractivity contribution in [1.29, 1.82) is 0 Å². The van der Waals surface area contributed by atoms with Crippen LogP contribution in [0.25, 0.3) is 0 Å². The molecule has 1 rings (SSSR count). The number of halogens is 3. The van der Waals surface area contributed by atoms with E-state index in [2.05, 4.69) is 11.7 Å². The summed E-state index contributed by atoms with van der Waals surface area (Å²) in [5, 5.41) is 8.57. The van der Waals surface area contributed by atoms with Gasteiger partial charge in [0.05, 0.1) is 16.8 Å². The van der Waals surface area contributed by atoms with Crippen molar-refractivity contribution in [3.63, 3.8) is 0 Å². The van der Waals surface area contributed by atoms with Gasteiger partial charge in [0, 0.05) is 0 Å². The molecule has 80 valence electrons. The zero-order valence-electron chi connectivity index (χ0n) is 7.38. The molecule has 0 fully saturated rings. The standard InChI is InChI=1S/C9H6F3NO2/c1-13-7-3-5(8(14)15)2-6(4-7)9(10,11)12/h2-4H,1H2,(H,14,15). The Hall–Kier alpha value is -1.85. The molecule has 0 atom stereocenters. The van der Waals surface area contributed by atoms with E-state index in [-0.39, 0.29) is 5.69 Å². The maximum atomic E-state index is 12.3. The van der Waals surface area contributed by atoms with Gasteiger partial charge in [0.1, 0.15) is 0 Å². The molecule has 0 radical (unpaired) electrons. The minimum absolute atomic E-state index is 0.123. The fourth-order valence-electron chi connectivity index (χ4n) is 0.990. The van der Waals surface area contributed by atoms with Gasteiger partial charge in [-0.3, -0.25) is 4.99 Å². The minimum atomic E-state index is -4.59. The highest BCUT2D eigenvalue weighted by molar-refractivity contribution is 5.89. The van der Waals surface area contributed by atoms with Gasteiger partial charge < -0.3 is 5.11 Å². The monoisotopic (exact) mass is 217 g/mol. The third-order valence-electron chi connectivity index (χ3n) is 1.67. The lowest BCUT2D eigenvalue weighted by molar-refractivity contribution is -0.137. The maximum absolute atomic E-state index is 12.3. The Balaban J connectivity index is 3.36. The number of hydrogen-bond donors (Lipinski definition) is 1. The molecule has 0 saturated carbocycles. The number of carboxylic acid groups (broad SMARTS) is 1. The number of nitrogens with zero attached hydrogens (tertiary/aromatic N) is 1. The van der Waals surface area contributed by atoms with Crippen LogP contribution in [0.15, 0.2) is 23.2 Å². The highest BCUT2D eigenvalue weighted by Crippen LogP contribution is 2.32. The van der Waals surface area contributed by atoms with E-state index < -0.39 is 23.3 Å². The molecule has 1 N–H and O–H groups in total. The van der Waals surface area contributed by atoms with E-state index >= 15 is 0 Å². The Kier molecular flexibility index (Phi) is 2.78. The van der Waals surface area contributed by atoms with Crippen LogP contribution in [0.1, 0.15) is 15.9 Å². The van der Waals surface area contributed by atoms with Crippen LogP contribution in [0.4, 0.5) is 18.9 Å². The van der Waals surface area contributed by atoms with Crippen LogP contribution in [-0.2, 0) is 6.18 Å². The molecular formula is C9H6F3NO2. The van der Waals surface area contributed by atoms with E-state index in [9.17, 15) is 18.0 Å². The van der Waals surface area contributed by atoms with E-state index in [1.807, 2.05) is 0 Å². The summed E-state index contributed by atoms with van der Waals surface area (Å²) >= 11 is 0. The second kappa shape index (κ2) is 3.72. The molecule has 0 aliphatic rings. The van der Waals surface area contributed by atoms with Gasteiger partial charge in [-0.1, -0.05) is 0 Å². The minimum Gasteiger partial charge on any atom is -0.478 e. The lowest BCUT2D eigenvalue weighted by atomic mass is 10.1. The van der Waals surface area contributed by atoms with Crippen molar-refractivity contribution >= 4 is 18.4 Å². The zero-order valence-corrected chi connectivity index (χ0v) is 7.38. The smallest absolute Gasteiger partial charge is 0.416 e. The molecule has 3 nitrogen and oxygen atoms in total. The quantitative estimate of drug-likeness (QED) is 0.774. The fourth-order valence-corrected chi connectivity index (χ4v) is 0.990. The summed E-state index contributed by atoms with van der Waals surface area (Å²) in [6.07, 6.45) is -4.59. The van der Waals surface area contributed by atoms with E-state index in [4.69, 9.17) is 5.11 Å². The third kappa shape index (κ3) is 2.55. The fraction of sp³-hybridized carbons (Fsp3) is 0.111. The molecular weight excluding hydrogens is 211 g/mol. The van der Waals surface area contributed by atoms with Crippen molar-refractivity contribution in [2.75, 3.05) is 0 Å². The topological polar surface area (TPSA) is 49.7 Å². The number of aliphatic imine (C=N–C) groups is 1. The van der Waals surface area contributed by atoms with Gasteiger partial charge in [-0.25, -0.2) is 4.79 Å².